The molecular weight excluding hydrogens is 366 g/mol. The van der Waals surface area contributed by atoms with Gasteiger partial charge in [0.2, 0.25) is 11.8 Å². The number of hydrogen-bond donors (Lipinski definition) is 3. The molecule has 1 aromatic rings. The van der Waals surface area contributed by atoms with Crippen molar-refractivity contribution >= 4 is 23.5 Å². The Bertz CT molecular complexity index is 730. The molecule has 7 heteroatoms. The van der Waals surface area contributed by atoms with Gasteiger partial charge in [0.1, 0.15) is 0 Å². The van der Waals surface area contributed by atoms with E-state index >= 15 is 0 Å². The molecule has 0 saturated carbocycles. The zero-order chi connectivity index (χ0) is 21.4. The second-order valence-corrected chi connectivity index (χ2v) is 8.34. The Morgan fingerprint density at radius 1 is 1.24 bits per heavy atom. The molecule has 2 amide bonds. The summed E-state index contributed by atoms with van der Waals surface area (Å²) in [5.41, 5.74) is 1.86. The Balaban J connectivity index is 1.84. The van der Waals surface area contributed by atoms with Crippen LogP contribution in [0, 0.1) is 11.8 Å². The van der Waals surface area contributed by atoms with Crippen LogP contribution >= 0.6 is 0 Å². The summed E-state index contributed by atoms with van der Waals surface area (Å²) in [6, 6.07) is 8.01. The van der Waals surface area contributed by atoms with Crippen LogP contribution in [0.1, 0.15) is 46.1 Å². The lowest BCUT2D eigenvalue weighted by Crippen LogP contribution is -2.45. The van der Waals surface area contributed by atoms with Crippen molar-refractivity contribution in [2.75, 3.05) is 25.5 Å². The predicted octanol–water partition coefficient (Wildman–Crippen LogP) is 2.59. The molecule has 0 aromatic heterocycles. The third-order valence-corrected chi connectivity index (χ3v) is 4.82. The summed E-state index contributed by atoms with van der Waals surface area (Å²) >= 11 is 0. The highest BCUT2D eigenvalue weighted by molar-refractivity contribution is 5.90. The van der Waals surface area contributed by atoms with E-state index in [1.54, 1.807) is 7.05 Å². The molecule has 1 aliphatic heterocycles. The fourth-order valence-corrected chi connectivity index (χ4v) is 3.36. The van der Waals surface area contributed by atoms with Crippen LogP contribution in [0.3, 0.4) is 0 Å². The number of benzene rings is 1. The van der Waals surface area contributed by atoms with Gasteiger partial charge in [-0.05, 0) is 30.0 Å². The summed E-state index contributed by atoms with van der Waals surface area (Å²) in [6.07, 6.45) is 1.42. The van der Waals surface area contributed by atoms with Gasteiger partial charge in [0.25, 0.3) is 0 Å². The van der Waals surface area contributed by atoms with Crippen molar-refractivity contribution in [2.45, 2.75) is 53.1 Å². The molecule has 160 valence electrons. The van der Waals surface area contributed by atoms with E-state index in [-0.39, 0.29) is 23.8 Å². The summed E-state index contributed by atoms with van der Waals surface area (Å²) < 4.78 is 0. The number of rotatable bonds is 7. The molecule has 1 heterocycles. The fourth-order valence-electron chi connectivity index (χ4n) is 3.36. The van der Waals surface area contributed by atoms with E-state index in [0.717, 1.165) is 24.2 Å². The van der Waals surface area contributed by atoms with E-state index in [2.05, 4.69) is 20.9 Å². The molecule has 1 atom stereocenters. The first-order valence-electron chi connectivity index (χ1n) is 10.4. The number of guanidine groups is 1. The zero-order valence-electron chi connectivity index (χ0n) is 18.3. The number of nitrogens with one attached hydrogen (secondary N) is 3. The normalized spacial score (nSPS) is 17.0. The molecule has 1 saturated heterocycles. The quantitative estimate of drug-likeness (QED) is 0.484. The van der Waals surface area contributed by atoms with Crippen LogP contribution in [0.25, 0.3) is 0 Å². The SMILES string of the molecule is CN=C(NCc1cccc(NC(=O)CC(C)C)c1)NC1CCN(C(=O)C(C)C)C1. The molecule has 1 aliphatic rings. The predicted molar refractivity (Wildman–Crippen MR) is 118 cm³/mol. The first kappa shape index (κ1) is 22.7. The van der Waals surface area contributed by atoms with Gasteiger partial charge in [-0.1, -0.05) is 39.8 Å². The van der Waals surface area contributed by atoms with Gasteiger partial charge in [0, 0.05) is 50.7 Å². The van der Waals surface area contributed by atoms with Crippen LogP contribution < -0.4 is 16.0 Å². The maximum atomic E-state index is 12.1. The summed E-state index contributed by atoms with van der Waals surface area (Å²) in [4.78, 5) is 30.3. The fraction of sp³-hybridized carbons (Fsp3) is 0.591. The highest BCUT2D eigenvalue weighted by Crippen LogP contribution is 2.14. The Kier molecular flexibility index (Phi) is 8.49. The average Bonchev–Trinajstić information content (AvgIpc) is 3.12. The lowest BCUT2D eigenvalue weighted by molar-refractivity contribution is -0.133. The van der Waals surface area contributed by atoms with E-state index in [1.807, 2.05) is 56.9 Å². The van der Waals surface area contributed by atoms with Gasteiger partial charge in [-0.2, -0.15) is 0 Å². The summed E-state index contributed by atoms with van der Waals surface area (Å²) in [5.74, 6) is 1.30. The van der Waals surface area contributed by atoms with Gasteiger partial charge in [0.05, 0.1) is 0 Å². The van der Waals surface area contributed by atoms with Crippen molar-refractivity contribution in [1.82, 2.24) is 15.5 Å². The standard InChI is InChI=1S/C22H35N5O2/c1-15(2)11-20(28)25-18-8-6-7-17(12-18)13-24-22(23-5)26-19-9-10-27(14-19)21(29)16(3)4/h6-8,12,15-16,19H,9-11,13-14H2,1-5H3,(H,25,28)(H2,23,24,26). The molecule has 3 N–H and O–H groups in total. The van der Waals surface area contributed by atoms with Gasteiger partial charge < -0.3 is 20.9 Å². The van der Waals surface area contributed by atoms with Crippen molar-refractivity contribution < 1.29 is 9.59 Å². The van der Waals surface area contributed by atoms with Crippen LogP contribution in [-0.4, -0.2) is 48.9 Å². The third kappa shape index (κ3) is 7.40. The highest BCUT2D eigenvalue weighted by Gasteiger charge is 2.27. The minimum atomic E-state index is 0.0273. The van der Waals surface area contributed by atoms with E-state index < -0.39 is 0 Å². The van der Waals surface area contributed by atoms with Crippen molar-refractivity contribution in [2.24, 2.45) is 16.8 Å². The number of carbonyl (C=O) groups is 2. The molecule has 0 bridgehead atoms. The zero-order valence-corrected chi connectivity index (χ0v) is 18.3. The largest absolute Gasteiger partial charge is 0.352 e. The number of likely N-dealkylation sites (tertiary alicyclic amines) is 1. The van der Waals surface area contributed by atoms with Crippen LogP contribution in [-0.2, 0) is 16.1 Å². The Morgan fingerprint density at radius 3 is 2.66 bits per heavy atom. The number of aliphatic imine (C=N–C) groups is 1. The van der Waals surface area contributed by atoms with Crippen molar-refractivity contribution in [3.05, 3.63) is 29.8 Å². The maximum absolute atomic E-state index is 12.1. The number of nitrogens with zero attached hydrogens (tertiary/aromatic N) is 2. The number of anilines is 1. The molecule has 1 aromatic carbocycles. The smallest absolute Gasteiger partial charge is 0.225 e. The van der Waals surface area contributed by atoms with Gasteiger partial charge in [-0.3, -0.25) is 14.6 Å². The topological polar surface area (TPSA) is 85.8 Å². The number of amides is 2. The summed E-state index contributed by atoms with van der Waals surface area (Å²) in [6.45, 7) is 10.0. The Hall–Kier alpha value is -2.57. The Morgan fingerprint density at radius 2 is 2.00 bits per heavy atom. The van der Waals surface area contributed by atoms with Crippen molar-refractivity contribution in [1.29, 1.82) is 0 Å². The minimum Gasteiger partial charge on any atom is -0.352 e. The van der Waals surface area contributed by atoms with Crippen LogP contribution in [0.5, 0.6) is 0 Å². The second kappa shape index (κ2) is 10.8. The van der Waals surface area contributed by atoms with E-state index in [9.17, 15) is 9.59 Å². The monoisotopic (exact) mass is 401 g/mol. The van der Waals surface area contributed by atoms with Crippen LogP contribution in [0.2, 0.25) is 0 Å². The van der Waals surface area contributed by atoms with Gasteiger partial charge in [-0.15, -0.1) is 0 Å². The average molecular weight is 402 g/mol. The van der Waals surface area contributed by atoms with Gasteiger partial charge in [0.15, 0.2) is 5.96 Å². The first-order valence-corrected chi connectivity index (χ1v) is 10.4. The minimum absolute atomic E-state index is 0.0273. The maximum Gasteiger partial charge on any atom is 0.225 e. The number of carbonyl (C=O) groups excluding carboxylic acids is 2. The van der Waals surface area contributed by atoms with E-state index in [0.29, 0.717) is 31.4 Å². The van der Waals surface area contributed by atoms with Crippen molar-refractivity contribution in [3.63, 3.8) is 0 Å². The molecule has 2 rings (SSSR count). The highest BCUT2D eigenvalue weighted by atomic mass is 16.2. The molecule has 1 unspecified atom stereocenters. The van der Waals surface area contributed by atoms with E-state index in [1.165, 1.54) is 0 Å². The number of hydrogen-bond acceptors (Lipinski definition) is 3. The van der Waals surface area contributed by atoms with Crippen LogP contribution in [0.4, 0.5) is 5.69 Å². The second-order valence-electron chi connectivity index (χ2n) is 8.34. The molecule has 1 fully saturated rings. The molecule has 0 radical (unpaired) electrons. The molecular formula is C22H35N5O2. The Labute approximate surface area is 174 Å². The van der Waals surface area contributed by atoms with E-state index in [4.69, 9.17) is 0 Å². The third-order valence-electron chi connectivity index (χ3n) is 4.82. The molecule has 0 spiro atoms. The lowest BCUT2D eigenvalue weighted by Gasteiger charge is -2.20. The molecule has 7 nitrogen and oxygen atoms in total. The summed E-state index contributed by atoms with van der Waals surface area (Å²) in [7, 11) is 1.74. The van der Waals surface area contributed by atoms with Gasteiger partial charge in [-0.25, -0.2) is 0 Å². The van der Waals surface area contributed by atoms with Crippen LogP contribution in [0.15, 0.2) is 29.3 Å². The molecule has 29 heavy (non-hydrogen) atoms. The lowest BCUT2D eigenvalue weighted by atomic mass is 10.1. The van der Waals surface area contributed by atoms with Crippen molar-refractivity contribution in [3.8, 4) is 0 Å². The first-order chi connectivity index (χ1) is 13.8. The summed E-state index contributed by atoms with van der Waals surface area (Å²) in [5, 5.41) is 9.67. The molecule has 0 aliphatic carbocycles. The van der Waals surface area contributed by atoms with Gasteiger partial charge >= 0.3 is 0 Å².